The molecular formula is C21H25BrN2O4S. The third-order valence-electron chi connectivity index (χ3n) is 4.73. The number of ether oxygens (including phenoxy) is 1. The van der Waals surface area contributed by atoms with Gasteiger partial charge in [0.15, 0.2) is 0 Å². The van der Waals surface area contributed by atoms with E-state index in [0.717, 1.165) is 29.3 Å². The lowest BCUT2D eigenvalue weighted by Crippen LogP contribution is -2.35. The number of piperidine rings is 1. The van der Waals surface area contributed by atoms with Crippen LogP contribution >= 0.6 is 15.9 Å². The minimum absolute atomic E-state index is 0.167. The zero-order valence-electron chi connectivity index (χ0n) is 16.4. The number of nitrogens with zero attached hydrogens (tertiary/aromatic N) is 1. The molecule has 0 aromatic heterocycles. The van der Waals surface area contributed by atoms with Crippen molar-refractivity contribution < 1.29 is 17.9 Å². The summed E-state index contributed by atoms with van der Waals surface area (Å²) in [6.07, 6.45) is 2.96. The molecule has 0 aliphatic carbocycles. The van der Waals surface area contributed by atoms with Gasteiger partial charge in [-0.25, -0.2) is 8.42 Å². The maximum absolute atomic E-state index is 13.0. The van der Waals surface area contributed by atoms with Crippen molar-refractivity contribution in [2.45, 2.75) is 37.5 Å². The SMILES string of the molecule is CCOc1ccc(S(=O)(=O)N2CCCCC2)cc1NC(=O)Cc1cccc(Br)c1. The second-order valence-electron chi connectivity index (χ2n) is 6.91. The Labute approximate surface area is 180 Å². The summed E-state index contributed by atoms with van der Waals surface area (Å²) in [5.41, 5.74) is 1.22. The van der Waals surface area contributed by atoms with Gasteiger partial charge in [-0.3, -0.25) is 4.79 Å². The van der Waals surface area contributed by atoms with Crippen molar-refractivity contribution in [1.82, 2.24) is 4.31 Å². The zero-order chi connectivity index (χ0) is 20.9. The molecule has 1 amide bonds. The van der Waals surface area contributed by atoms with Crippen LogP contribution in [0, 0.1) is 0 Å². The molecule has 1 N–H and O–H groups in total. The molecule has 6 nitrogen and oxygen atoms in total. The first-order chi connectivity index (χ1) is 13.9. The summed E-state index contributed by atoms with van der Waals surface area (Å²) in [5.74, 6) is 0.212. The minimum atomic E-state index is -3.60. The number of anilines is 1. The molecule has 8 heteroatoms. The van der Waals surface area contributed by atoms with Gasteiger partial charge in [-0.1, -0.05) is 34.5 Å². The molecule has 0 bridgehead atoms. The molecule has 29 heavy (non-hydrogen) atoms. The standard InChI is InChI=1S/C21H25BrN2O4S/c1-2-28-20-10-9-18(29(26,27)24-11-4-3-5-12-24)15-19(20)23-21(25)14-16-7-6-8-17(22)13-16/h6-10,13,15H,2-5,11-12,14H2,1H3,(H,23,25). The molecular weight excluding hydrogens is 456 g/mol. The summed E-state index contributed by atoms with van der Waals surface area (Å²) in [6, 6.07) is 12.1. The van der Waals surface area contributed by atoms with E-state index < -0.39 is 10.0 Å². The lowest BCUT2D eigenvalue weighted by molar-refractivity contribution is -0.115. The van der Waals surface area contributed by atoms with Crippen molar-refractivity contribution in [2.75, 3.05) is 25.0 Å². The number of halogens is 1. The Morgan fingerprint density at radius 3 is 2.59 bits per heavy atom. The van der Waals surface area contributed by atoms with Crippen LogP contribution in [0.25, 0.3) is 0 Å². The fourth-order valence-electron chi connectivity index (χ4n) is 3.33. The fourth-order valence-corrected chi connectivity index (χ4v) is 5.32. The van der Waals surface area contributed by atoms with Gasteiger partial charge in [-0.2, -0.15) is 4.31 Å². The minimum Gasteiger partial charge on any atom is -0.492 e. The van der Waals surface area contributed by atoms with E-state index in [1.54, 1.807) is 12.1 Å². The molecule has 1 fully saturated rings. The van der Waals surface area contributed by atoms with Gasteiger partial charge < -0.3 is 10.1 Å². The van der Waals surface area contributed by atoms with Gasteiger partial charge in [0.1, 0.15) is 5.75 Å². The van der Waals surface area contributed by atoms with Crippen LogP contribution in [0.15, 0.2) is 51.8 Å². The lowest BCUT2D eigenvalue weighted by atomic mass is 10.1. The van der Waals surface area contributed by atoms with E-state index in [9.17, 15) is 13.2 Å². The molecule has 3 rings (SSSR count). The molecule has 0 unspecified atom stereocenters. The summed E-state index contributed by atoms with van der Waals surface area (Å²) in [5, 5.41) is 2.82. The van der Waals surface area contributed by atoms with Crippen molar-refractivity contribution in [2.24, 2.45) is 0 Å². The van der Waals surface area contributed by atoms with Gasteiger partial charge in [-0.05, 0) is 55.7 Å². The van der Waals surface area contributed by atoms with Gasteiger partial charge in [0.05, 0.1) is 23.6 Å². The Hall–Kier alpha value is -1.90. The number of hydrogen-bond donors (Lipinski definition) is 1. The van der Waals surface area contributed by atoms with Crippen LogP contribution in [-0.2, 0) is 21.2 Å². The van der Waals surface area contributed by atoms with E-state index in [0.29, 0.717) is 31.1 Å². The number of benzene rings is 2. The largest absolute Gasteiger partial charge is 0.492 e. The third-order valence-corrected chi connectivity index (χ3v) is 7.12. The molecule has 0 radical (unpaired) electrons. The molecule has 2 aromatic rings. The van der Waals surface area contributed by atoms with Crippen molar-refractivity contribution in [3.05, 3.63) is 52.5 Å². The summed E-state index contributed by atoms with van der Waals surface area (Å²) < 4.78 is 34.0. The highest BCUT2D eigenvalue weighted by Crippen LogP contribution is 2.30. The number of carbonyl (C=O) groups is 1. The first kappa shape index (κ1) is 21.8. The zero-order valence-corrected chi connectivity index (χ0v) is 18.8. The Bertz CT molecular complexity index is 972. The van der Waals surface area contributed by atoms with Crippen LogP contribution in [-0.4, -0.2) is 38.3 Å². The molecule has 156 valence electrons. The van der Waals surface area contributed by atoms with Crippen LogP contribution < -0.4 is 10.1 Å². The molecule has 0 saturated carbocycles. The van der Waals surface area contributed by atoms with Gasteiger partial charge >= 0.3 is 0 Å². The number of rotatable bonds is 7. The number of carbonyl (C=O) groups excluding carboxylic acids is 1. The van der Waals surface area contributed by atoms with E-state index in [-0.39, 0.29) is 17.2 Å². The highest BCUT2D eigenvalue weighted by molar-refractivity contribution is 9.10. The van der Waals surface area contributed by atoms with E-state index >= 15 is 0 Å². The van der Waals surface area contributed by atoms with Crippen molar-refractivity contribution >= 4 is 37.5 Å². The molecule has 1 aliphatic heterocycles. The smallest absolute Gasteiger partial charge is 0.243 e. The second-order valence-corrected chi connectivity index (χ2v) is 9.76. The van der Waals surface area contributed by atoms with Gasteiger partial charge in [0, 0.05) is 17.6 Å². The lowest BCUT2D eigenvalue weighted by Gasteiger charge is -2.26. The van der Waals surface area contributed by atoms with Gasteiger partial charge in [-0.15, -0.1) is 0 Å². The molecule has 1 aliphatic rings. The summed E-state index contributed by atoms with van der Waals surface area (Å²) in [7, 11) is -3.60. The van der Waals surface area contributed by atoms with Crippen molar-refractivity contribution in [3.8, 4) is 5.75 Å². The molecule has 2 aromatic carbocycles. The van der Waals surface area contributed by atoms with Gasteiger partial charge in [0.2, 0.25) is 15.9 Å². The molecule has 0 atom stereocenters. The molecule has 1 heterocycles. The third kappa shape index (κ3) is 5.58. The van der Waals surface area contributed by atoms with Crippen molar-refractivity contribution in [3.63, 3.8) is 0 Å². The molecule has 1 saturated heterocycles. The summed E-state index contributed by atoms with van der Waals surface area (Å²) in [6.45, 7) is 3.30. The van der Waals surface area contributed by atoms with Crippen LogP contribution in [0.1, 0.15) is 31.7 Å². The Morgan fingerprint density at radius 2 is 1.90 bits per heavy atom. The topological polar surface area (TPSA) is 75.7 Å². The van der Waals surface area contributed by atoms with Gasteiger partial charge in [0.25, 0.3) is 0 Å². The Balaban J connectivity index is 1.83. The van der Waals surface area contributed by atoms with Crippen LogP contribution in [0.5, 0.6) is 5.75 Å². The second kappa shape index (κ2) is 9.73. The van der Waals surface area contributed by atoms with Crippen LogP contribution in [0.4, 0.5) is 5.69 Å². The van der Waals surface area contributed by atoms with Crippen LogP contribution in [0.3, 0.4) is 0 Å². The summed E-state index contributed by atoms with van der Waals surface area (Å²) >= 11 is 3.40. The van der Waals surface area contributed by atoms with E-state index in [1.807, 2.05) is 31.2 Å². The predicted molar refractivity (Wildman–Crippen MR) is 117 cm³/mol. The highest BCUT2D eigenvalue weighted by atomic mass is 79.9. The highest BCUT2D eigenvalue weighted by Gasteiger charge is 2.27. The predicted octanol–water partition coefficient (Wildman–Crippen LogP) is 4.20. The maximum Gasteiger partial charge on any atom is 0.243 e. The average Bonchev–Trinajstić information content (AvgIpc) is 2.70. The Kier molecular flexibility index (Phi) is 7.32. The number of sulfonamides is 1. The maximum atomic E-state index is 13.0. The first-order valence-corrected chi connectivity index (χ1v) is 11.9. The first-order valence-electron chi connectivity index (χ1n) is 9.71. The molecule has 0 spiro atoms. The quantitative estimate of drug-likeness (QED) is 0.643. The Morgan fingerprint density at radius 1 is 1.14 bits per heavy atom. The number of amides is 1. The average molecular weight is 481 g/mol. The monoisotopic (exact) mass is 480 g/mol. The van der Waals surface area contributed by atoms with E-state index in [4.69, 9.17) is 4.74 Å². The normalized spacial score (nSPS) is 15.1. The summed E-state index contributed by atoms with van der Waals surface area (Å²) in [4.78, 5) is 12.7. The fraction of sp³-hybridized carbons (Fsp3) is 0.381. The number of hydrogen-bond acceptors (Lipinski definition) is 4. The van der Waals surface area contributed by atoms with Crippen LogP contribution in [0.2, 0.25) is 0 Å². The van der Waals surface area contributed by atoms with E-state index in [1.165, 1.54) is 10.4 Å². The number of nitrogens with one attached hydrogen (secondary N) is 1. The van der Waals surface area contributed by atoms with Crippen molar-refractivity contribution in [1.29, 1.82) is 0 Å². The van der Waals surface area contributed by atoms with E-state index in [2.05, 4.69) is 21.2 Å².